The van der Waals surface area contributed by atoms with Crippen LogP contribution in [0.25, 0.3) is 101 Å². The highest BCUT2D eigenvalue weighted by molar-refractivity contribution is 7.26. The van der Waals surface area contributed by atoms with Crippen molar-refractivity contribution in [3.63, 3.8) is 0 Å². The van der Waals surface area contributed by atoms with E-state index in [1.54, 1.807) is 0 Å². The molecule has 0 saturated carbocycles. The second-order valence-corrected chi connectivity index (χ2v) is 18.2. The van der Waals surface area contributed by atoms with E-state index in [-0.39, 0.29) is 0 Å². The summed E-state index contributed by atoms with van der Waals surface area (Å²) in [6.45, 7) is 0. The minimum absolute atomic E-state index is 1.11. The standard InChI is InChI=1S/C58H36N2S2/c1-2-12-41(13-3-1)60-52-35-40(26-32-47(52)50-33-25-38-11-4-5-14-46(38)58(50)60)37-21-27-42(28-22-37)59(44-31-34-49-48-15-6-8-18-53(48)62-56(49)36-44)43-29-23-39(24-30-43)45-17-10-20-55-57(45)51-16-7-9-19-54(51)61-55/h1-36H. The molecule has 0 aliphatic heterocycles. The Bertz CT molecular complexity index is 3850. The van der Waals surface area contributed by atoms with Crippen molar-refractivity contribution < 1.29 is 0 Å². The zero-order valence-corrected chi connectivity index (χ0v) is 35.1. The van der Waals surface area contributed by atoms with Crippen LogP contribution in [-0.2, 0) is 0 Å². The van der Waals surface area contributed by atoms with Gasteiger partial charge in [-0.05, 0) is 100 Å². The summed E-state index contributed by atoms with van der Waals surface area (Å²) in [5, 5.41) is 10.3. The second kappa shape index (κ2) is 14.0. The molecule has 0 fully saturated rings. The monoisotopic (exact) mass is 824 g/mol. The maximum atomic E-state index is 2.45. The first-order valence-electron chi connectivity index (χ1n) is 21.1. The number of hydrogen-bond donors (Lipinski definition) is 0. The molecule has 3 heterocycles. The highest BCUT2D eigenvalue weighted by Crippen LogP contribution is 2.44. The van der Waals surface area contributed by atoms with Crippen molar-refractivity contribution >= 4 is 113 Å². The fraction of sp³-hybridized carbons (Fsp3) is 0. The van der Waals surface area contributed by atoms with E-state index in [2.05, 4.69) is 228 Å². The van der Waals surface area contributed by atoms with E-state index >= 15 is 0 Å². The molecule has 0 aliphatic rings. The van der Waals surface area contributed by atoms with Crippen molar-refractivity contribution in [3.8, 4) is 27.9 Å². The van der Waals surface area contributed by atoms with E-state index in [9.17, 15) is 0 Å². The van der Waals surface area contributed by atoms with Gasteiger partial charge in [0.15, 0.2) is 0 Å². The van der Waals surface area contributed by atoms with Gasteiger partial charge in [-0.1, -0.05) is 146 Å². The van der Waals surface area contributed by atoms with Crippen molar-refractivity contribution in [1.29, 1.82) is 0 Å². The third kappa shape index (κ3) is 5.54. The van der Waals surface area contributed by atoms with Gasteiger partial charge in [-0.15, -0.1) is 22.7 Å². The van der Waals surface area contributed by atoms with Gasteiger partial charge in [0.25, 0.3) is 0 Å². The van der Waals surface area contributed by atoms with E-state index in [0.717, 1.165) is 22.7 Å². The molecule has 0 saturated heterocycles. The molecule has 0 unspecified atom stereocenters. The van der Waals surface area contributed by atoms with E-state index in [1.165, 1.54) is 95.2 Å². The van der Waals surface area contributed by atoms with Gasteiger partial charge in [0, 0.05) is 79.3 Å². The average Bonchev–Trinajstić information content (AvgIpc) is 4.02. The molecule has 0 atom stereocenters. The topological polar surface area (TPSA) is 8.17 Å². The Balaban J connectivity index is 0.937. The first-order chi connectivity index (χ1) is 30.7. The molecule has 0 amide bonds. The molecule has 13 rings (SSSR count). The van der Waals surface area contributed by atoms with Gasteiger partial charge < -0.3 is 9.47 Å². The first-order valence-corrected chi connectivity index (χ1v) is 22.7. The number of fused-ring (bicyclic) bond motifs is 11. The van der Waals surface area contributed by atoms with E-state index in [4.69, 9.17) is 0 Å². The Morgan fingerprint density at radius 3 is 1.73 bits per heavy atom. The molecule has 0 radical (unpaired) electrons. The normalized spacial score (nSPS) is 11.9. The molecule has 0 N–H and O–H groups in total. The van der Waals surface area contributed by atoms with Crippen LogP contribution in [0.5, 0.6) is 0 Å². The van der Waals surface area contributed by atoms with E-state index in [0.29, 0.717) is 0 Å². The Kier molecular flexibility index (Phi) is 7.99. The summed E-state index contributed by atoms with van der Waals surface area (Å²) in [5.74, 6) is 0. The van der Waals surface area contributed by atoms with Crippen LogP contribution >= 0.6 is 22.7 Å². The minimum atomic E-state index is 1.11. The van der Waals surface area contributed by atoms with Crippen LogP contribution in [0.1, 0.15) is 0 Å². The van der Waals surface area contributed by atoms with Crippen molar-refractivity contribution in [2.75, 3.05) is 4.90 Å². The van der Waals surface area contributed by atoms with Gasteiger partial charge in [0.05, 0.1) is 11.0 Å². The van der Waals surface area contributed by atoms with Gasteiger partial charge in [0.2, 0.25) is 0 Å². The Morgan fingerprint density at radius 2 is 0.919 bits per heavy atom. The molecule has 0 bridgehead atoms. The maximum Gasteiger partial charge on any atom is 0.0619 e. The van der Waals surface area contributed by atoms with Crippen molar-refractivity contribution in [1.82, 2.24) is 4.57 Å². The number of rotatable bonds is 6. The summed E-state index contributed by atoms with van der Waals surface area (Å²) in [6.07, 6.45) is 0. The van der Waals surface area contributed by atoms with E-state index in [1.807, 2.05) is 22.7 Å². The molecule has 0 aliphatic carbocycles. The number of nitrogens with zero attached hydrogens (tertiary/aromatic N) is 2. The molecule has 62 heavy (non-hydrogen) atoms. The molecule has 4 heteroatoms. The summed E-state index contributed by atoms with van der Waals surface area (Å²) in [6, 6.07) is 80.4. The zero-order valence-electron chi connectivity index (χ0n) is 33.5. The first kappa shape index (κ1) is 35.3. The highest BCUT2D eigenvalue weighted by Gasteiger charge is 2.19. The fourth-order valence-corrected chi connectivity index (χ4v) is 12.0. The highest BCUT2D eigenvalue weighted by atomic mass is 32.1. The van der Waals surface area contributed by atoms with Crippen LogP contribution in [-0.4, -0.2) is 4.57 Å². The summed E-state index contributed by atoms with van der Waals surface area (Å²) in [4.78, 5) is 2.40. The minimum Gasteiger partial charge on any atom is -0.310 e. The number of benzene rings is 10. The molecule has 290 valence electrons. The molecular formula is C58H36N2S2. The lowest BCUT2D eigenvalue weighted by molar-refractivity contribution is 1.19. The summed E-state index contributed by atoms with van der Waals surface area (Å²) < 4.78 is 7.69. The predicted molar refractivity (Wildman–Crippen MR) is 270 cm³/mol. The Hall–Kier alpha value is -7.50. The largest absolute Gasteiger partial charge is 0.310 e. The van der Waals surface area contributed by atoms with Crippen molar-refractivity contribution in [2.24, 2.45) is 0 Å². The lowest BCUT2D eigenvalue weighted by Crippen LogP contribution is -2.09. The van der Waals surface area contributed by atoms with Gasteiger partial charge in [-0.3, -0.25) is 0 Å². The SMILES string of the molecule is c1ccc(-n2c3cc(-c4ccc(N(c5ccc(-c6cccc7sc8ccccc8c67)cc5)c5ccc6c(c5)sc5ccccc56)cc4)ccc3c3ccc4ccccc4c32)cc1. The third-order valence-corrected chi connectivity index (χ3v) is 14.9. The number of para-hydroxylation sites is 1. The zero-order chi connectivity index (χ0) is 40.7. The van der Waals surface area contributed by atoms with E-state index < -0.39 is 0 Å². The summed E-state index contributed by atoms with van der Waals surface area (Å²) in [7, 11) is 0. The Labute approximate surface area is 366 Å². The fourth-order valence-electron chi connectivity index (χ4n) is 9.71. The molecule has 0 spiro atoms. The van der Waals surface area contributed by atoms with Gasteiger partial charge in [-0.25, -0.2) is 0 Å². The van der Waals surface area contributed by atoms with Crippen molar-refractivity contribution in [3.05, 3.63) is 218 Å². The van der Waals surface area contributed by atoms with Crippen LogP contribution < -0.4 is 4.90 Å². The van der Waals surface area contributed by atoms with Gasteiger partial charge in [0.1, 0.15) is 0 Å². The number of aromatic nitrogens is 1. The summed E-state index contributed by atoms with van der Waals surface area (Å²) >= 11 is 3.73. The van der Waals surface area contributed by atoms with Crippen LogP contribution in [0.3, 0.4) is 0 Å². The molecule has 13 aromatic rings. The maximum absolute atomic E-state index is 2.45. The molecule has 3 aromatic heterocycles. The van der Waals surface area contributed by atoms with Crippen LogP contribution in [0, 0.1) is 0 Å². The van der Waals surface area contributed by atoms with Crippen LogP contribution in [0.2, 0.25) is 0 Å². The smallest absolute Gasteiger partial charge is 0.0619 e. The predicted octanol–water partition coefficient (Wildman–Crippen LogP) is 17.5. The molecular weight excluding hydrogens is 789 g/mol. The van der Waals surface area contributed by atoms with Gasteiger partial charge >= 0.3 is 0 Å². The van der Waals surface area contributed by atoms with Crippen LogP contribution in [0.15, 0.2) is 218 Å². The number of hydrogen-bond acceptors (Lipinski definition) is 3. The van der Waals surface area contributed by atoms with Crippen molar-refractivity contribution in [2.45, 2.75) is 0 Å². The lowest BCUT2D eigenvalue weighted by Gasteiger charge is -2.26. The lowest BCUT2D eigenvalue weighted by atomic mass is 9.99. The third-order valence-electron chi connectivity index (χ3n) is 12.6. The number of thiophene rings is 2. The summed E-state index contributed by atoms with van der Waals surface area (Å²) in [5.41, 5.74) is 11.8. The number of anilines is 3. The van der Waals surface area contributed by atoms with Gasteiger partial charge in [-0.2, -0.15) is 0 Å². The second-order valence-electron chi connectivity index (χ2n) is 16.1. The molecule has 10 aromatic carbocycles. The molecule has 2 nitrogen and oxygen atoms in total. The average molecular weight is 825 g/mol. The van der Waals surface area contributed by atoms with Crippen LogP contribution in [0.4, 0.5) is 17.1 Å². The Morgan fingerprint density at radius 1 is 0.339 bits per heavy atom. The quantitative estimate of drug-likeness (QED) is 0.162.